The Morgan fingerprint density at radius 2 is 1.74 bits per heavy atom. The maximum atomic E-state index is 11.2. The molecule has 0 saturated carbocycles. The molecule has 0 aliphatic rings. The average Bonchev–Trinajstić information content (AvgIpc) is 2.35. The molecule has 0 aliphatic heterocycles. The summed E-state index contributed by atoms with van der Waals surface area (Å²) in [6.45, 7) is 7.85. The molecule has 1 unspecified atom stereocenters. The third-order valence-corrected chi connectivity index (χ3v) is 2.54. The number of unbranched alkanes of at least 4 members (excludes halogenated alkanes) is 1. The summed E-state index contributed by atoms with van der Waals surface area (Å²) < 4.78 is 9.63. The van der Waals surface area contributed by atoms with E-state index >= 15 is 0 Å². The maximum absolute atomic E-state index is 11.2. The van der Waals surface area contributed by atoms with Gasteiger partial charge in [0.15, 0.2) is 0 Å². The Bertz CT molecular complexity index is 303. The number of carbonyl (C=O) groups excluding carboxylic acids is 2. The molecule has 6 heteroatoms. The van der Waals surface area contributed by atoms with Crippen molar-refractivity contribution in [1.82, 2.24) is 0 Å². The predicted octanol–water partition coefficient (Wildman–Crippen LogP) is 4.34. The lowest BCUT2D eigenvalue weighted by molar-refractivity contribution is 0.118. The van der Waals surface area contributed by atoms with Gasteiger partial charge in [0.05, 0.1) is 12.7 Å². The van der Waals surface area contributed by atoms with Crippen molar-refractivity contribution >= 4 is 12.2 Å². The number of ether oxygens (including phenoxy) is 2. The third kappa shape index (κ3) is 10.2. The monoisotopic (exact) mass is 272 g/mol. The Balaban J connectivity index is 3.96. The van der Waals surface area contributed by atoms with Gasteiger partial charge in [-0.15, -0.1) is 0 Å². The summed E-state index contributed by atoms with van der Waals surface area (Å²) in [6, 6.07) is 0. The minimum Gasteiger partial charge on any atom is -0.447 e. The predicted molar refractivity (Wildman–Crippen MR) is 71.1 cm³/mol. The molecule has 6 nitrogen and oxygen atoms in total. The van der Waals surface area contributed by atoms with Gasteiger partial charge >= 0.3 is 12.2 Å². The molecule has 1 atom stereocenters. The molecule has 0 aromatic heterocycles. The lowest BCUT2D eigenvalue weighted by atomic mass is 10.0. The van der Waals surface area contributed by atoms with E-state index in [4.69, 9.17) is 9.47 Å². The number of azo groups is 1. The second-order valence-electron chi connectivity index (χ2n) is 4.63. The van der Waals surface area contributed by atoms with Crippen molar-refractivity contribution in [3.63, 3.8) is 0 Å². The molecule has 0 bridgehead atoms. The largest absolute Gasteiger partial charge is 0.452 e. The van der Waals surface area contributed by atoms with Crippen LogP contribution in [0.3, 0.4) is 0 Å². The maximum Gasteiger partial charge on any atom is 0.452 e. The van der Waals surface area contributed by atoms with Crippen LogP contribution in [0, 0.1) is 5.92 Å². The zero-order valence-electron chi connectivity index (χ0n) is 12.2. The molecule has 0 saturated heterocycles. The zero-order valence-corrected chi connectivity index (χ0v) is 12.2. The van der Waals surface area contributed by atoms with Crippen LogP contribution in [-0.2, 0) is 9.47 Å². The summed E-state index contributed by atoms with van der Waals surface area (Å²) in [6.07, 6.45) is 2.16. The first-order valence-corrected chi connectivity index (χ1v) is 6.78. The fourth-order valence-corrected chi connectivity index (χ4v) is 1.42. The molecular formula is C13H24N2O4. The van der Waals surface area contributed by atoms with Gasteiger partial charge in [-0.2, -0.15) is 0 Å². The van der Waals surface area contributed by atoms with E-state index in [1.54, 1.807) is 13.8 Å². The second kappa shape index (κ2) is 10.5. The topological polar surface area (TPSA) is 77.3 Å². The van der Waals surface area contributed by atoms with Crippen LogP contribution in [0.25, 0.3) is 0 Å². The molecule has 19 heavy (non-hydrogen) atoms. The fourth-order valence-electron chi connectivity index (χ4n) is 1.42. The van der Waals surface area contributed by atoms with E-state index in [1.165, 1.54) is 0 Å². The second-order valence-corrected chi connectivity index (χ2v) is 4.63. The highest BCUT2D eigenvalue weighted by molar-refractivity contribution is 5.73. The summed E-state index contributed by atoms with van der Waals surface area (Å²) in [7, 11) is 0. The Labute approximate surface area is 114 Å². The van der Waals surface area contributed by atoms with Gasteiger partial charge in [-0.05, 0) is 26.2 Å². The summed E-state index contributed by atoms with van der Waals surface area (Å²) in [5.41, 5.74) is 0. The quantitative estimate of drug-likeness (QED) is 0.646. The highest BCUT2D eigenvalue weighted by Gasteiger charge is 2.10. The Hall–Kier alpha value is -1.46. The lowest BCUT2D eigenvalue weighted by Crippen LogP contribution is -2.12. The molecular weight excluding hydrogens is 248 g/mol. The molecule has 0 radical (unpaired) electrons. The Morgan fingerprint density at radius 1 is 1.11 bits per heavy atom. The molecule has 2 amide bonds. The molecule has 0 aromatic carbocycles. The van der Waals surface area contributed by atoms with Crippen molar-refractivity contribution in [1.29, 1.82) is 0 Å². The van der Waals surface area contributed by atoms with E-state index in [0.29, 0.717) is 12.5 Å². The van der Waals surface area contributed by atoms with Crippen LogP contribution in [0.1, 0.15) is 53.4 Å². The van der Waals surface area contributed by atoms with Gasteiger partial charge in [0.25, 0.3) is 0 Å². The van der Waals surface area contributed by atoms with Crippen LogP contribution in [0.2, 0.25) is 0 Å². The number of amides is 2. The van der Waals surface area contributed by atoms with Gasteiger partial charge in [0.2, 0.25) is 0 Å². The Kier molecular flexibility index (Phi) is 9.66. The molecule has 0 aromatic rings. The summed E-state index contributed by atoms with van der Waals surface area (Å²) in [4.78, 5) is 22.2. The highest BCUT2D eigenvalue weighted by atomic mass is 16.6. The first-order chi connectivity index (χ1) is 8.99. The van der Waals surface area contributed by atoms with E-state index in [9.17, 15) is 9.59 Å². The van der Waals surface area contributed by atoms with Crippen LogP contribution in [0.4, 0.5) is 9.59 Å². The number of carbonyl (C=O) groups is 2. The van der Waals surface area contributed by atoms with Crippen molar-refractivity contribution in [3.8, 4) is 0 Å². The number of hydrogen-bond donors (Lipinski definition) is 0. The molecule has 0 spiro atoms. The summed E-state index contributed by atoms with van der Waals surface area (Å²) in [5, 5.41) is 6.27. The molecule has 0 N–H and O–H groups in total. The van der Waals surface area contributed by atoms with Crippen LogP contribution < -0.4 is 0 Å². The molecule has 0 heterocycles. The number of rotatable bonds is 7. The van der Waals surface area contributed by atoms with Gasteiger partial charge in [-0.25, -0.2) is 9.59 Å². The Morgan fingerprint density at radius 3 is 2.26 bits per heavy atom. The van der Waals surface area contributed by atoms with E-state index in [2.05, 4.69) is 24.1 Å². The lowest BCUT2D eigenvalue weighted by Gasteiger charge is -2.12. The normalized spacial score (nSPS) is 12.7. The van der Waals surface area contributed by atoms with Crippen molar-refractivity contribution < 1.29 is 19.1 Å². The molecule has 0 fully saturated rings. The van der Waals surface area contributed by atoms with Crippen molar-refractivity contribution in [2.45, 2.75) is 59.5 Å². The highest BCUT2D eigenvalue weighted by Crippen LogP contribution is 2.13. The van der Waals surface area contributed by atoms with Gasteiger partial charge < -0.3 is 9.47 Å². The van der Waals surface area contributed by atoms with E-state index < -0.39 is 12.2 Å². The summed E-state index contributed by atoms with van der Waals surface area (Å²) >= 11 is 0. The molecule has 110 valence electrons. The zero-order chi connectivity index (χ0) is 14.7. The van der Waals surface area contributed by atoms with Gasteiger partial charge in [-0.3, -0.25) is 0 Å². The van der Waals surface area contributed by atoms with Crippen molar-refractivity contribution in [2.75, 3.05) is 6.61 Å². The smallest absolute Gasteiger partial charge is 0.447 e. The number of nitrogens with zero attached hydrogens (tertiary/aromatic N) is 2. The minimum absolute atomic E-state index is 0.291. The average molecular weight is 272 g/mol. The van der Waals surface area contributed by atoms with Crippen LogP contribution in [0.5, 0.6) is 0 Å². The van der Waals surface area contributed by atoms with Gasteiger partial charge in [0.1, 0.15) is 0 Å². The van der Waals surface area contributed by atoms with E-state index in [-0.39, 0.29) is 6.10 Å². The van der Waals surface area contributed by atoms with Crippen LogP contribution in [-0.4, -0.2) is 24.9 Å². The third-order valence-electron chi connectivity index (χ3n) is 2.54. The fraction of sp³-hybridized carbons (Fsp3) is 0.846. The van der Waals surface area contributed by atoms with E-state index in [0.717, 1.165) is 25.7 Å². The summed E-state index contributed by atoms with van der Waals surface area (Å²) in [5.74, 6) is 0.335. The SMILES string of the molecule is CCCCC(CC)COC(=O)/N=N/C(=O)OC(C)C. The van der Waals surface area contributed by atoms with Crippen molar-refractivity contribution in [3.05, 3.63) is 0 Å². The first-order valence-electron chi connectivity index (χ1n) is 6.78. The standard InChI is InChI=1S/C13H24N2O4/c1-5-7-8-11(6-2)9-18-12(16)14-15-13(17)19-10(3)4/h10-11H,5-9H2,1-4H3/b15-14+. The van der Waals surface area contributed by atoms with Crippen LogP contribution in [0.15, 0.2) is 10.2 Å². The van der Waals surface area contributed by atoms with Gasteiger partial charge in [0, 0.05) is 0 Å². The van der Waals surface area contributed by atoms with E-state index in [1.807, 2.05) is 0 Å². The van der Waals surface area contributed by atoms with Gasteiger partial charge in [-0.1, -0.05) is 43.3 Å². The molecule has 0 rings (SSSR count). The minimum atomic E-state index is -0.884. The first kappa shape index (κ1) is 17.5. The van der Waals surface area contributed by atoms with Crippen molar-refractivity contribution in [2.24, 2.45) is 16.1 Å². The number of hydrogen-bond acceptors (Lipinski definition) is 4. The molecule has 0 aliphatic carbocycles. The van der Waals surface area contributed by atoms with Crippen LogP contribution >= 0.6 is 0 Å².